The third-order valence-corrected chi connectivity index (χ3v) is 19.1. The van der Waals surface area contributed by atoms with Gasteiger partial charge in [-0.15, -0.1) is 0 Å². The minimum absolute atomic E-state index is 0.168. The van der Waals surface area contributed by atoms with Gasteiger partial charge in [0.1, 0.15) is 5.65 Å². The standard InChI is InChI=1S/C28H25N3O4S3.C21H19N3O2S2/c1-20-4-8-24(9-5-20)38(34,35)31-18-26(27-25(12-14-29-28(27)31)22-13-17-36-19-22)21-6-10-23(11-7-21)37(32,33)30-15-2-3-16-30;25-28(26,24-10-1-2-11-24)17-5-3-15(4-6-17)19-13-23-21-20(19)18(7-9-22-21)16-8-12-27-14-16/h4-14,17-19H,2-3,15-16H2,1H3;3-9,12-14H,1-2,10-11H2,(H,22,23). The fourth-order valence-electron chi connectivity index (χ4n) is 8.72. The quantitative estimate of drug-likeness (QED) is 0.142. The maximum Gasteiger partial charge on any atom is 0.269 e. The molecule has 1 N–H and O–H groups in total. The van der Waals surface area contributed by atoms with Crippen molar-refractivity contribution in [1.29, 1.82) is 0 Å². The summed E-state index contributed by atoms with van der Waals surface area (Å²) in [4.78, 5) is 13.0. The number of aromatic nitrogens is 4. The number of aromatic amines is 1. The molecule has 2 fully saturated rings. The number of benzene rings is 3. The van der Waals surface area contributed by atoms with Gasteiger partial charge in [-0.05, 0) is 148 Å². The van der Waals surface area contributed by atoms with E-state index in [1.807, 2.05) is 54.2 Å². The lowest BCUT2D eigenvalue weighted by molar-refractivity contribution is 0.476. The molecule has 11 rings (SSSR count). The number of pyridine rings is 2. The lowest BCUT2D eigenvalue weighted by Gasteiger charge is -2.15. The molecule has 0 saturated carbocycles. The van der Waals surface area contributed by atoms with E-state index in [4.69, 9.17) is 0 Å². The smallest absolute Gasteiger partial charge is 0.269 e. The van der Waals surface area contributed by atoms with Gasteiger partial charge < -0.3 is 4.98 Å². The first-order chi connectivity index (χ1) is 31.9. The third-order valence-electron chi connectivity index (χ3n) is 12.2. The van der Waals surface area contributed by atoms with E-state index in [1.54, 1.807) is 106 Å². The summed E-state index contributed by atoms with van der Waals surface area (Å²) in [5.41, 5.74) is 9.57. The second-order valence-electron chi connectivity index (χ2n) is 16.3. The van der Waals surface area contributed by atoms with Crippen LogP contribution in [0, 0.1) is 6.92 Å². The van der Waals surface area contributed by atoms with Crippen LogP contribution in [-0.2, 0) is 30.1 Å². The largest absolute Gasteiger partial charge is 0.345 e. The fourth-order valence-corrected chi connectivity index (χ4v) is 14.4. The van der Waals surface area contributed by atoms with Crippen molar-refractivity contribution in [1.82, 2.24) is 27.5 Å². The van der Waals surface area contributed by atoms with Crippen LogP contribution < -0.4 is 0 Å². The molecule has 2 saturated heterocycles. The molecule has 66 heavy (non-hydrogen) atoms. The highest BCUT2D eigenvalue weighted by Gasteiger charge is 2.30. The molecule has 0 atom stereocenters. The molecule has 8 heterocycles. The summed E-state index contributed by atoms with van der Waals surface area (Å²) in [6, 6.07) is 28.6. The number of nitrogens with zero attached hydrogens (tertiary/aromatic N) is 5. The Labute approximate surface area is 392 Å². The summed E-state index contributed by atoms with van der Waals surface area (Å²) in [7, 11) is -10.9. The van der Waals surface area contributed by atoms with Gasteiger partial charge >= 0.3 is 0 Å². The van der Waals surface area contributed by atoms with Crippen LogP contribution in [-0.4, -0.2) is 79.0 Å². The van der Waals surface area contributed by atoms with Crippen LogP contribution in [0.5, 0.6) is 0 Å². The normalized spacial score (nSPS) is 15.1. The number of fused-ring (bicyclic) bond motifs is 2. The number of hydrogen-bond acceptors (Lipinski definition) is 10. The molecule has 9 aromatic rings. The van der Waals surface area contributed by atoms with E-state index in [2.05, 4.69) is 31.8 Å². The number of H-pyrrole nitrogens is 1. The second-order valence-corrected chi connectivity index (χ2v) is 23.5. The molecule has 2 aliphatic heterocycles. The summed E-state index contributed by atoms with van der Waals surface area (Å²) >= 11 is 3.22. The van der Waals surface area contributed by atoms with Crippen molar-refractivity contribution in [3.8, 4) is 44.5 Å². The average Bonchev–Trinajstić information content (AvgIpc) is 4.20. The molecule has 0 aliphatic carbocycles. The SMILES string of the molecule is Cc1ccc(S(=O)(=O)n2cc(-c3ccc(S(=O)(=O)N4CCCC4)cc3)c3c(-c4ccsc4)ccnc32)cc1.O=S(=O)(c1ccc(-c2c[nH]c3nccc(-c4ccsc4)c23)cc1)N1CCCC1. The Bertz CT molecular complexity index is 3520. The van der Waals surface area contributed by atoms with Gasteiger partial charge in [0.05, 0.1) is 14.7 Å². The molecular formula is C49H44N6O6S5. The molecule has 0 spiro atoms. The number of sulfonamides is 2. The molecule has 6 aromatic heterocycles. The summed E-state index contributed by atoms with van der Waals surface area (Å²) < 4.78 is 83.5. The highest BCUT2D eigenvalue weighted by atomic mass is 32.2. The van der Waals surface area contributed by atoms with E-state index in [0.717, 1.165) is 75.7 Å². The zero-order chi connectivity index (χ0) is 45.6. The molecule has 0 radical (unpaired) electrons. The van der Waals surface area contributed by atoms with E-state index < -0.39 is 30.1 Å². The first-order valence-corrected chi connectivity index (χ1v) is 27.7. The number of aryl methyl sites for hydroxylation is 1. The first-order valence-electron chi connectivity index (χ1n) is 21.5. The van der Waals surface area contributed by atoms with Gasteiger partial charge in [0.15, 0.2) is 5.65 Å². The zero-order valence-electron chi connectivity index (χ0n) is 35.7. The average molecular weight is 973 g/mol. The molecule has 0 unspecified atom stereocenters. The Kier molecular flexibility index (Phi) is 11.9. The van der Waals surface area contributed by atoms with Gasteiger partial charge in [-0.2, -0.15) is 31.3 Å². The van der Waals surface area contributed by atoms with Gasteiger partial charge in [-0.25, -0.2) is 39.2 Å². The zero-order valence-corrected chi connectivity index (χ0v) is 39.8. The van der Waals surface area contributed by atoms with Crippen LogP contribution in [0.4, 0.5) is 0 Å². The minimum atomic E-state index is -3.94. The fraction of sp³-hybridized carbons (Fsp3) is 0.184. The lowest BCUT2D eigenvalue weighted by Crippen LogP contribution is -2.27. The van der Waals surface area contributed by atoms with Gasteiger partial charge in [0, 0.05) is 72.9 Å². The minimum Gasteiger partial charge on any atom is -0.345 e. The molecule has 0 amide bonds. The van der Waals surface area contributed by atoms with Crippen molar-refractivity contribution in [2.45, 2.75) is 47.3 Å². The maximum atomic E-state index is 13.8. The highest BCUT2D eigenvalue weighted by Crippen LogP contribution is 2.40. The third kappa shape index (κ3) is 8.12. The first kappa shape index (κ1) is 44.1. The lowest BCUT2D eigenvalue weighted by atomic mass is 10.00. The van der Waals surface area contributed by atoms with Crippen molar-refractivity contribution in [3.05, 3.63) is 149 Å². The van der Waals surface area contributed by atoms with E-state index in [0.29, 0.717) is 53.2 Å². The van der Waals surface area contributed by atoms with Crippen molar-refractivity contribution < 1.29 is 25.3 Å². The molecular weight excluding hydrogens is 929 g/mol. The van der Waals surface area contributed by atoms with Crippen LogP contribution >= 0.6 is 22.7 Å². The second kappa shape index (κ2) is 17.8. The molecule has 0 bridgehead atoms. The highest BCUT2D eigenvalue weighted by molar-refractivity contribution is 7.90. The molecule has 336 valence electrons. The van der Waals surface area contributed by atoms with E-state index >= 15 is 0 Å². The molecule has 3 aromatic carbocycles. The Morgan fingerprint density at radius 1 is 0.500 bits per heavy atom. The number of rotatable bonds is 10. The predicted molar refractivity (Wildman–Crippen MR) is 263 cm³/mol. The number of nitrogens with one attached hydrogen (secondary N) is 1. The van der Waals surface area contributed by atoms with Crippen LogP contribution in [0.25, 0.3) is 66.6 Å². The van der Waals surface area contributed by atoms with E-state index in [-0.39, 0.29) is 9.79 Å². The molecule has 17 heteroatoms. The Morgan fingerprint density at radius 3 is 1.48 bits per heavy atom. The van der Waals surface area contributed by atoms with Crippen molar-refractivity contribution in [2.75, 3.05) is 26.2 Å². The van der Waals surface area contributed by atoms with Gasteiger partial charge in [0.2, 0.25) is 20.0 Å². The van der Waals surface area contributed by atoms with Crippen molar-refractivity contribution in [2.24, 2.45) is 0 Å². The van der Waals surface area contributed by atoms with Crippen LogP contribution in [0.15, 0.2) is 158 Å². The summed E-state index contributed by atoms with van der Waals surface area (Å²) in [5.74, 6) is 0. The van der Waals surface area contributed by atoms with Gasteiger partial charge in [-0.3, -0.25) is 0 Å². The molecule has 12 nitrogen and oxygen atoms in total. The molecule has 2 aliphatic rings. The predicted octanol–water partition coefficient (Wildman–Crippen LogP) is 10.5. The topological polar surface area (TPSA) is 155 Å². The monoisotopic (exact) mass is 972 g/mol. The van der Waals surface area contributed by atoms with E-state index in [1.165, 1.54) is 8.28 Å². The summed E-state index contributed by atoms with van der Waals surface area (Å²) in [6.45, 7) is 4.19. The van der Waals surface area contributed by atoms with Crippen LogP contribution in [0.2, 0.25) is 0 Å². The Hall–Kier alpha value is -5.79. The number of thiophene rings is 2. The van der Waals surface area contributed by atoms with Gasteiger partial charge in [0.25, 0.3) is 10.0 Å². The van der Waals surface area contributed by atoms with Crippen molar-refractivity contribution >= 4 is 74.8 Å². The van der Waals surface area contributed by atoms with Gasteiger partial charge in [-0.1, -0.05) is 42.0 Å². The van der Waals surface area contributed by atoms with E-state index in [9.17, 15) is 25.3 Å². The van der Waals surface area contributed by atoms with Crippen molar-refractivity contribution in [3.63, 3.8) is 0 Å². The van der Waals surface area contributed by atoms with Crippen LogP contribution in [0.1, 0.15) is 31.2 Å². The summed E-state index contributed by atoms with van der Waals surface area (Å²) in [5, 5.41) is 9.91. The maximum absolute atomic E-state index is 13.8. The Balaban J connectivity index is 0.000000162. The number of hydrogen-bond donors (Lipinski definition) is 1. The summed E-state index contributed by atoms with van der Waals surface area (Å²) in [6.07, 6.45) is 10.6. The Morgan fingerprint density at radius 2 is 0.970 bits per heavy atom. The van der Waals surface area contributed by atoms with Crippen LogP contribution in [0.3, 0.4) is 0 Å².